The molecule has 2 N–H and O–H groups in total. The van der Waals surface area contributed by atoms with Gasteiger partial charge in [-0.05, 0) is 13.0 Å². The predicted molar refractivity (Wildman–Crippen MR) is 106 cm³/mol. The molecular formula is C20H20F2N4O4. The predicted octanol–water partition coefficient (Wildman–Crippen LogP) is 3.32. The van der Waals surface area contributed by atoms with Crippen LogP contribution in [0.4, 0.5) is 25.0 Å². The fourth-order valence-corrected chi connectivity index (χ4v) is 3.73. The molecule has 0 saturated heterocycles. The molecule has 4 rings (SSSR count). The van der Waals surface area contributed by atoms with Crippen molar-refractivity contribution >= 4 is 28.4 Å². The van der Waals surface area contributed by atoms with Gasteiger partial charge < -0.3 is 19.6 Å². The normalized spacial score (nSPS) is 13.7. The van der Waals surface area contributed by atoms with E-state index in [2.05, 4.69) is 9.97 Å². The first kappa shape index (κ1) is 19.9. The van der Waals surface area contributed by atoms with Crippen molar-refractivity contribution in [1.29, 1.82) is 0 Å². The van der Waals surface area contributed by atoms with Crippen LogP contribution in [0, 0.1) is 11.6 Å². The fourth-order valence-electron chi connectivity index (χ4n) is 3.73. The number of pyridine rings is 1. The van der Waals surface area contributed by atoms with E-state index in [9.17, 15) is 9.90 Å². The van der Waals surface area contributed by atoms with E-state index in [-0.39, 0.29) is 31.2 Å². The van der Waals surface area contributed by atoms with Crippen molar-refractivity contribution in [2.45, 2.75) is 20.1 Å². The Labute approximate surface area is 170 Å². The first-order valence-corrected chi connectivity index (χ1v) is 9.24. The zero-order chi connectivity index (χ0) is 21.6. The maximum absolute atomic E-state index is 15.0. The van der Waals surface area contributed by atoms with Crippen molar-refractivity contribution in [2.75, 3.05) is 30.6 Å². The number of nitrogens with one attached hydrogen (secondary N) is 1. The summed E-state index contributed by atoms with van der Waals surface area (Å²) in [6, 6.07) is 2.20. The summed E-state index contributed by atoms with van der Waals surface area (Å²) < 4.78 is 40.1. The molecule has 0 fully saturated rings. The molecule has 1 aromatic carbocycles. The summed E-state index contributed by atoms with van der Waals surface area (Å²) in [5, 5.41) is 10.1. The summed E-state index contributed by atoms with van der Waals surface area (Å²) in [5.74, 6) is -2.47. The van der Waals surface area contributed by atoms with Crippen LogP contribution in [0.2, 0.25) is 0 Å². The lowest BCUT2D eigenvalue weighted by Crippen LogP contribution is -2.48. The van der Waals surface area contributed by atoms with Crippen LogP contribution in [0.5, 0.6) is 11.5 Å². The zero-order valence-corrected chi connectivity index (χ0v) is 16.6. The van der Waals surface area contributed by atoms with E-state index >= 15 is 8.78 Å². The molecule has 0 radical (unpaired) electrons. The molecule has 0 atom stereocenters. The van der Waals surface area contributed by atoms with Crippen LogP contribution in [0.1, 0.15) is 18.2 Å². The van der Waals surface area contributed by atoms with Crippen LogP contribution in [0.25, 0.3) is 11.0 Å². The number of benzene rings is 1. The summed E-state index contributed by atoms with van der Waals surface area (Å²) >= 11 is 0. The number of urea groups is 1. The highest BCUT2D eigenvalue weighted by atomic mass is 19.1. The summed E-state index contributed by atoms with van der Waals surface area (Å²) in [6.45, 7) is 1.70. The van der Waals surface area contributed by atoms with Gasteiger partial charge in [0.1, 0.15) is 11.3 Å². The topological polar surface area (TPSA) is 90.9 Å². The highest BCUT2D eigenvalue weighted by Crippen LogP contribution is 2.42. The van der Waals surface area contributed by atoms with Crippen molar-refractivity contribution in [3.8, 4) is 11.5 Å². The van der Waals surface area contributed by atoms with Crippen LogP contribution in [-0.2, 0) is 13.2 Å². The fraction of sp³-hybridized carbons (Fsp3) is 0.300. The van der Waals surface area contributed by atoms with E-state index in [1.54, 1.807) is 19.2 Å². The number of aliphatic hydroxyl groups is 1. The number of carbonyl (C=O) groups excluding carboxylic acids is 1. The van der Waals surface area contributed by atoms with E-state index in [4.69, 9.17) is 9.47 Å². The second-order valence-electron chi connectivity index (χ2n) is 6.72. The van der Waals surface area contributed by atoms with Gasteiger partial charge in [0.05, 0.1) is 33.1 Å². The zero-order valence-electron chi connectivity index (χ0n) is 16.6. The van der Waals surface area contributed by atoms with Crippen molar-refractivity contribution in [2.24, 2.45) is 0 Å². The van der Waals surface area contributed by atoms with E-state index in [0.29, 0.717) is 28.0 Å². The molecule has 0 aliphatic carbocycles. The van der Waals surface area contributed by atoms with Crippen LogP contribution in [0.15, 0.2) is 18.3 Å². The maximum Gasteiger partial charge on any atom is 0.329 e. The monoisotopic (exact) mass is 418 g/mol. The molecule has 3 heterocycles. The lowest BCUT2D eigenvalue weighted by Gasteiger charge is -2.37. The van der Waals surface area contributed by atoms with Crippen LogP contribution in [0.3, 0.4) is 0 Å². The number of hydrogen-bond donors (Lipinski definition) is 2. The highest BCUT2D eigenvalue weighted by molar-refractivity contribution is 6.11. The van der Waals surface area contributed by atoms with Gasteiger partial charge in [-0.1, -0.05) is 0 Å². The van der Waals surface area contributed by atoms with E-state index in [0.717, 1.165) is 11.0 Å². The lowest BCUT2D eigenvalue weighted by atomic mass is 10.1. The molecule has 8 nitrogen and oxygen atoms in total. The Morgan fingerprint density at radius 1 is 1.17 bits per heavy atom. The standard InChI is InChI=1S/C20H20F2N4O4/c1-4-25-17-10(7-23-19-12(17)5-11(9-27)24-19)8-26(20(25)28)18-15(21)13(29-2)6-14(30-3)16(18)22/h5-7,27H,4,8-9H2,1-3H3,(H,23,24). The Bertz CT molecular complexity index is 1120. The number of aromatic nitrogens is 2. The Morgan fingerprint density at radius 2 is 1.83 bits per heavy atom. The van der Waals surface area contributed by atoms with Crippen molar-refractivity contribution in [3.05, 3.63) is 41.2 Å². The van der Waals surface area contributed by atoms with Gasteiger partial charge in [-0.15, -0.1) is 0 Å². The van der Waals surface area contributed by atoms with Crippen molar-refractivity contribution < 1.29 is 28.2 Å². The smallest absolute Gasteiger partial charge is 0.329 e. The Balaban J connectivity index is 1.91. The minimum Gasteiger partial charge on any atom is -0.493 e. The number of H-pyrrole nitrogens is 1. The largest absolute Gasteiger partial charge is 0.493 e. The average molecular weight is 418 g/mol. The first-order chi connectivity index (χ1) is 14.4. The Morgan fingerprint density at radius 3 is 2.40 bits per heavy atom. The molecule has 0 spiro atoms. The second-order valence-corrected chi connectivity index (χ2v) is 6.72. The molecule has 10 heteroatoms. The molecule has 0 bridgehead atoms. The third-order valence-corrected chi connectivity index (χ3v) is 5.13. The summed E-state index contributed by atoms with van der Waals surface area (Å²) in [6.07, 6.45) is 1.55. The van der Waals surface area contributed by atoms with Crippen molar-refractivity contribution in [1.82, 2.24) is 9.97 Å². The number of fused-ring (bicyclic) bond motifs is 3. The number of methoxy groups -OCH3 is 2. The minimum atomic E-state index is -0.998. The van der Waals surface area contributed by atoms with E-state index < -0.39 is 23.4 Å². The number of carbonyl (C=O) groups is 1. The number of nitrogens with zero attached hydrogens (tertiary/aromatic N) is 3. The Hall–Kier alpha value is -3.40. The van der Waals surface area contributed by atoms with Crippen molar-refractivity contribution in [3.63, 3.8) is 0 Å². The molecule has 30 heavy (non-hydrogen) atoms. The lowest BCUT2D eigenvalue weighted by molar-refractivity contribution is 0.249. The minimum absolute atomic E-state index is 0.0998. The van der Waals surface area contributed by atoms with E-state index in [1.807, 2.05) is 0 Å². The van der Waals surface area contributed by atoms with Gasteiger partial charge in [0, 0.05) is 35.5 Å². The van der Waals surface area contributed by atoms with Gasteiger partial charge in [-0.3, -0.25) is 9.80 Å². The number of aliphatic hydroxyl groups excluding tert-OH is 1. The van der Waals surface area contributed by atoms with Gasteiger partial charge in [0.2, 0.25) is 0 Å². The number of ether oxygens (including phenoxy) is 2. The van der Waals surface area contributed by atoms with Gasteiger partial charge in [-0.25, -0.2) is 18.6 Å². The quantitative estimate of drug-likeness (QED) is 0.663. The van der Waals surface area contributed by atoms with E-state index in [1.165, 1.54) is 19.1 Å². The third kappa shape index (κ3) is 2.83. The SMILES string of the molecule is CCN1C(=O)N(c2c(F)c(OC)cc(OC)c2F)Cc2cnc3[nH]c(CO)cc3c21. The van der Waals surface area contributed by atoms with Gasteiger partial charge in [0.15, 0.2) is 23.1 Å². The molecule has 158 valence electrons. The molecule has 3 aromatic rings. The number of aromatic amines is 1. The Kier molecular flexibility index (Phi) is 4.94. The average Bonchev–Trinajstić information content (AvgIpc) is 3.18. The first-order valence-electron chi connectivity index (χ1n) is 9.24. The maximum atomic E-state index is 15.0. The molecule has 1 aliphatic rings. The summed E-state index contributed by atoms with van der Waals surface area (Å²) in [7, 11) is 2.49. The molecule has 2 amide bonds. The summed E-state index contributed by atoms with van der Waals surface area (Å²) in [4.78, 5) is 23.0. The highest BCUT2D eigenvalue weighted by Gasteiger charge is 2.37. The summed E-state index contributed by atoms with van der Waals surface area (Å²) in [5.41, 5.74) is 1.71. The molecule has 0 saturated carbocycles. The molecule has 0 unspecified atom stereocenters. The van der Waals surface area contributed by atoms with Gasteiger partial charge in [0.25, 0.3) is 0 Å². The number of rotatable bonds is 5. The van der Waals surface area contributed by atoms with Crippen LogP contribution in [-0.4, -0.2) is 41.9 Å². The van der Waals surface area contributed by atoms with Crippen LogP contribution >= 0.6 is 0 Å². The molecule has 2 aromatic heterocycles. The number of halogens is 2. The third-order valence-electron chi connectivity index (χ3n) is 5.13. The van der Waals surface area contributed by atoms with Gasteiger partial charge in [-0.2, -0.15) is 0 Å². The number of anilines is 2. The second kappa shape index (κ2) is 7.45. The molecule has 1 aliphatic heterocycles. The molecular weight excluding hydrogens is 398 g/mol. The number of amides is 2. The van der Waals surface area contributed by atoms with Crippen LogP contribution < -0.4 is 19.3 Å². The van der Waals surface area contributed by atoms with Gasteiger partial charge >= 0.3 is 6.03 Å². The number of hydrogen-bond acceptors (Lipinski definition) is 5.